The Morgan fingerprint density at radius 2 is 1.35 bits per heavy atom. The monoisotopic (exact) mass is 597 g/mol. The van der Waals surface area contributed by atoms with Gasteiger partial charge in [0.25, 0.3) is 0 Å². The second-order valence-electron chi connectivity index (χ2n) is 11.5. The van der Waals surface area contributed by atoms with Crippen LogP contribution in [0.3, 0.4) is 0 Å². The minimum Gasteiger partial charge on any atom is -0.455 e. The molecule has 9 aromatic rings. The summed E-state index contributed by atoms with van der Waals surface area (Å²) in [6.07, 6.45) is 0. The summed E-state index contributed by atoms with van der Waals surface area (Å²) in [4.78, 5) is 5.20. The number of benzene rings is 7. The van der Waals surface area contributed by atoms with E-state index < -0.39 is 6.85 Å². The summed E-state index contributed by atoms with van der Waals surface area (Å²) in [6.45, 7) is -2.16. The smallest absolute Gasteiger partial charge is 0.149 e. The summed E-state index contributed by atoms with van der Waals surface area (Å²) in [5.41, 5.74) is 8.51. The Morgan fingerprint density at radius 3 is 2.20 bits per heavy atom. The van der Waals surface area contributed by atoms with Crippen LogP contribution in [-0.2, 0) is 0 Å². The standard InChI is InChI=1S/C42H27FN2O/c1-26-18-20-27(21-19-26)29-22-23-31-33-14-9-15-34(41(33)46-39(31)24-29)42-44-37-16-7-8-17-38(37)45(42)40-32-13-6-5-12-30(32)36(43)25-35(40)28-10-3-2-4-11-28/h2-25H,1H3/i1D3. The van der Waals surface area contributed by atoms with Gasteiger partial charge in [-0.25, -0.2) is 9.37 Å². The van der Waals surface area contributed by atoms with E-state index in [1.807, 2.05) is 127 Å². The number of para-hydroxylation sites is 3. The lowest BCUT2D eigenvalue weighted by molar-refractivity contribution is 0.640. The largest absolute Gasteiger partial charge is 0.455 e. The van der Waals surface area contributed by atoms with Gasteiger partial charge in [0.2, 0.25) is 0 Å². The van der Waals surface area contributed by atoms with Crippen LogP contribution >= 0.6 is 0 Å². The highest BCUT2D eigenvalue weighted by molar-refractivity contribution is 6.11. The number of imidazole rings is 1. The Hall–Kier alpha value is -6.00. The maximum absolute atomic E-state index is 15.8. The second-order valence-corrected chi connectivity index (χ2v) is 11.5. The van der Waals surface area contributed by atoms with Crippen LogP contribution < -0.4 is 0 Å². The van der Waals surface area contributed by atoms with Crippen molar-refractivity contribution in [3.05, 3.63) is 157 Å². The molecule has 0 bridgehead atoms. The molecule has 0 fully saturated rings. The molecule has 218 valence electrons. The minimum absolute atomic E-state index is 0.285. The molecule has 0 unspecified atom stereocenters. The van der Waals surface area contributed by atoms with E-state index in [-0.39, 0.29) is 5.82 Å². The Bertz CT molecular complexity index is 2710. The number of nitrogens with zero attached hydrogens (tertiary/aromatic N) is 2. The third-order valence-corrected chi connectivity index (χ3v) is 8.79. The van der Waals surface area contributed by atoms with E-state index in [1.165, 1.54) is 0 Å². The third kappa shape index (κ3) is 4.07. The molecule has 0 saturated heterocycles. The number of hydrogen-bond donors (Lipinski definition) is 0. The number of rotatable bonds is 4. The van der Waals surface area contributed by atoms with E-state index in [4.69, 9.17) is 13.5 Å². The molecule has 0 aliphatic rings. The van der Waals surface area contributed by atoms with E-state index in [0.29, 0.717) is 27.9 Å². The first-order valence-electron chi connectivity index (χ1n) is 16.7. The predicted molar refractivity (Wildman–Crippen MR) is 187 cm³/mol. The SMILES string of the molecule is [2H]C([2H])([2H])c1ccc(-c2ccc3c(c2)oc2c(-c4nc5ccccc5n4-c4c(-c5ccccc5)cc(F)c5ccccc45)cccc23)cc1. The molecule has 0 spiro atoms. The topological polar surface area (TPSA) is 31.0 Å². The van der Waals surface area contributed by atoms with Gasteiger partial charge in [0, 0.05) is 31.2 Å². The van der Waals surface area contributed by atoms with E-state index >= 15 is 4.39 Å². The molecule has 46 heavy (non-hydrogen) atoms. The molecule has 0 radical (unpaired) electrons. The van der Waals surface area contributed by atoms with E-state index in [2.05, 4.69) is 4.57 Å². The molecular weight excluding hydrogens is 567 g/mol. The van der Waals surface area contributed by atoms with Crippen molar-refractivity contribution in [1.29, 1.82) is 0 Å². The lowest BCUT2D eigenvalue weighted by Gasteiger charge is -2.18. The van der Waals surface area contributed by atoms with Crippen LogP contribution in [0.2, 0.25) is 0 Å². The molecule has 0 atom stereocenters. The van der Waals surface area contributed by atoms with Crippen molar-refractivity contribution in [3.8, 4) is 39.3 Å². The van der Waals surface area contributed by atoms with Gasteiger partial charge in [-0.1, -0.05) is 115 Å². The first-order valence-corrected chi connectivity index (χ1v) is 15.2. The summed E-state index contributed by atoms with van der Waals surface area (Å²) in [5, 5.41) is 3.21. The van der Waals surface area contributed by atoms with Crippen molar-refractivity contribution >= 4 is 43.7 Å². The zero-order valence-electron chi connectivity index (χ0n) is 27.5. The molecule has 7 aromatic carbocycles. The van der Waals surface area contributed by atoms with Crippen molar-refractivity contribution in [3.63, 3.8) is 0 Å². The maximum atomic E-state index is 15.8. The first kappa shape index (κ1) is 23.4. The molecule has 0 saturated carbocycles. The summed E-state index contributed by atoms with van der Waals surface area (Å²) in [7, 11) is 0. The number of aromatic nitrogens is 2. The van der Waals surface area contributed by atoms with E-state index in [1.54, 1.807) is 18.2 Å². The summed E-state index contributed by atoms with van der Waals surface area (Å²) < 4.78 is 47.7. The molecule has 2 aromatic heterocycles. The summed E-state index contributed by atoms with van der Waals surface area (Å²) in [5.74, 6) is 0.396. The molecule has 9 rings (SSSR count). The zero-order valence-corrected chi connectivity index (χ0v) is 24.5. The highest BCUT2D eigenvalue weighted by atomic mass is 19.1. The zero-order chi connectivity index (χ0) is 33.3. The van der Waals surface area contributed by atoms with Gasteiger partial charge in [-0.15, -0.1) is 0 Å². The van der Waals surface area contributed by atoms with Crippen LogP contribution in [0, 0.1) is 12.7 Å². The lowest BCUT2D eigenvalue weighted by Crippen LogP contribution is -2.03. The van der Waals surface area contributed by atoms with Crippen LogP contribution in [-0.4, -0.2) is 9.55 Å². The van der Waals surface area contributed by atoms with Gasteiger partial charge in [0.1, 0.15) is 22.8 Å². The fraction of sp³-hybridized carbons (Fsp3) is 0.0238. The third-order valence-electron chi connectivity index (χ3n) is 8.79. The number of hydrogen-bond acceptors (Lipinski definition) is 2. The fourth-order valence-electron chi connectivity index (χ4n) is 6.64. The van der Waals surface area contributed by atoms with Gasteiger partial charge in [-0.2, -0.15) is 0 Å². The molecular formula is C42H27FN2O. The number of halogens is 1. The Labute approximate surface area is 269 Å². The molecule has 0 N–H and O–H groups in total. The minimum atomic E-state index is -2.16. The molecule has 0 amide bonds. The number of aryl methyl sites for hydroxylation is 1. The highest BCUT2D eigenvalue weighted by Gasteiger charge is 2.24. The Balaban J connectivity index is 1.30. The summed E-state index contributed by atoms with van der Waals surface area (Å²) >= 11 is 0. The lowest BCUT2D eigenvalue weighted by atomic mass is 9.97. The van der Waals surface area contributed by atoms with Gasteiger partial charge < -0.3 is 4.42 Å². The second kappa shape index (κ2) is 10.3. The van der Waals surface area contributed by atoms with Crippen molar-refractivity contribution in [2.75, 3.05) is 0 Å². The summed E-state index contributed by atoms with van der Waals surface area (Å²) in [6, 6.07) is 46.2. The molecule has 3 nitrogen and oxygen atoms in total. The maximum Gasteiger partial charge on any atom is 0.149 e. The van der Waals surface area contributed by atoms with Crippen LogP contribution in [0.15, 0.2) is 150 Å². The van der Waals surface area contributed by atoms with Gasteiger partial charge >= 0.3 is 0 Å². The Kier molecular flexibility index (Phi) is 5.23. The normalized spacial score (nSPS) is 12.9. The van der Waals surface area contributed by atoms with Gasteiger partial charge in [0.05, 0.1) is 22.3 Å². The molecule has 4 heteroatoms. The van der Waals surface area contributed by atoms with Crippen LogP contribution in [0.5, 0.6) is 0 Å². The van der Waals surface area contributed by atoms with Gasteiger partial charge in [-0.3, -0.25) is 4.57 Å². The number of furan rings is 1. The predicted octanol–water partition coefficient (Wildman–Crippen LogP) is 11.5. The fourth-order valence-corrected chi connectivity index (χ4v) is 6.64. The average Bonchev–Trinajstić information content (AvgIpc) is 3.70. The van der Waals surface area contributed by atoms with Crippen molar-refractivity contribution in [2.24, 2.45) is 0 Å². The van der Waals surface area contributed by atoms with Gasteiger partial charge in [0.15, 0.2) is 0 Å². The van der Waals surface area contributed by atoms with Crippen LogP contribution in [0.25, 0.3) is 83.1 Å². The van der Waals surface area contributed by atoms with Gasteiger partial charge in [-0.05, 0) is 59.9 Å². The first-order chi connectivity index (χ1) is 23.8. The van der Waals surface area contributed by atoms with E-state index in [9.17, 15) is 0 Å². The molecule has 0 aliphatic heterocycles. The van der Waals surface area contributed by atoms with Crippen molar-refractivity contribution in [2.45, 2.75) is 6.85 Å². The Morgan fingerprint density at radius 1 is 0.609 bits per heavy atom. The van der Waals surface area contributed by atoms with Crippen LogP contribution in [0.1, 0.15) is 9.68 Å². The number of fused-ring (bicyclic) bond motifs is 5. The van der Waals surface area contributed by atoms with Crippen molar-refractivity contribution < 1.29 is 12.9 Å². The highest BCUT2D eigenvalue weighted by Crippen LogP contribution is 2.42. The molecule has 0 aliphatic carbocycles. The van der Waals surface area contributed by atoms with Crippen molar-refractivity contribution in [1.82, 2.24) is 9.55 Å². The average molecular weight is 598 g/mol. The quantitative estimate of drug-likeness (QED) is 0.202. The van der Waals surface area contributed by atoms with Crippen LogP contribution in [0.4, 0.5) is 4.39 Å². The molecule has 2 heterocycles. The van der Waals surface area contributed by atoms with E-state index in [0.717, 1.165) is 60.7 Å².